The number of aliphatic hydroxyl groups excluding tert-OH is 1. The molecule has 0 aromatic carbocycles. The second-order valence-electron chi connectivity index (χ2n) is 4.23. The van der Waals surface area contributed by atoms with Gasteiger partial charge in [0.25, 0.3) is 5.91 Å². The number of hydrogen-bond acceptors (Lipinski definition) is 4. The van der Waals surface area contributed by atoms with Crippen LogP contribution in [0.15, 0.2) is 34.5 Å². The van der Waals surface area contributed by atoms with Gasteiger partial charge in [-0.1, -0.05) is 11.8 Å². The van der Waals surface area contributed by atoms with Crippen molar-refractivity contribution in [2.75, 3.05) is 13.7 Å². The van der Waals surface area contributed by atoms with Crippen molar-refractivity contribution in [3.05, 3.63) is 46.0 Å². The van der Waals surface area contributed by atoms with E-state index in [9.17, 15) is 4.79 Å². The SMILES string of the molecule is CN(Cc1ccoc1)C(=O)c1sccc1C#CCCO. The Morgan fingerprint density at radius 3 is 3.05 bits per heavy atom. The smallest absolute Gasteiger partial charge is 0.265 e. The average Bonchev–Trinajstić information content (AvgIpc) is 3.09. The van der Waals surface area contributed by atoms with E-state index in [0.29, 0.717) is 23.4 Å². The Morgan fingerprint density at radius 2 is 2.35 bits per heavy atom. The fourth-order valence-electron chi connectivity index (χ4n) is 1.69. The maximum absolute atomic E-state index is 12.4. The summed E-state index contributed by atoms with van der Waals surface area (Å²) < 4.78 is 4.99. The molecule has 2 rings (SSSR count). The second kappa shape index (κ2) is 6.94. The number of hydrogen-bond donors (Lipinski definition) is 1. The number of furan rings is 1. The molecule has 0 unspecified atom stereocenters. The van der Waals surface area contributed by atoms with Crippen LogP contribution in [0.25, 0.3) is 0 Å². The van der Waals surface area contributed by atoms with Gasteiger partial charge in [-0.05, 0) is 17.5 Å². The minimum atomic E-state index is -0.0606. The predicted octanol–water partition coefficient (Wildman–Crippen LogP) is 2.35. The molecule has 0 bridgehead atoms. The lowest BCUT2D eigenvalue weighted by Gasteiger charge is -2.15. The highest BCUT2D eigenvalue weighted by Gasteiger charge is 2.17. The number of aliphatic hydroxyl groups is 1. The van der Waals surface area contributed by atoms with Crippen LogP contribution in [0.5, 0.6) is 0 Å². The van der Waals surface area contributed by atoms with E-state index in [-0.39, 0.29) is 12.5 Å². The molecule has 0 aliphatic rings. The van der Waals surface area contributed by atoms with E-state index in [1.165, 1.54) is 11.3 Å². The average molecular weight is 289 g/mol. The summed E-state index contributed by atoms with van der Waals surface area (Å²) in [5, 5.41) is 10.6. The van der Waals surface area contributed by atoms with Gasteiger partial charge in [-0.25, -0.2) is 0 Å². The zero-order valence-corrected chi connectivity index (χ0v) is 11.9. The van der Waals surface area contributed by atoms with Crippen LogP contribution >= 0.6 is 11.3 Å². The maximum Gasteiger partial charge on any atom is 0.265 e. The molecule has 20 heavy (non-hydrogen) atoms. The summed E-state index contributed by atoms with van der Waals surface area (Å²) in [5.41, 5.74) is 1.66. The lowest BCUT2D eigenvalue weighted by Crippen LogP contribution is -2.25. The van der Waals surface area contributed by atoms with E-state index in [0.717, 1.165) is 5.56 Å². The molecule has 1 amide bonds. The number of carbonyl (C=O) groups is 1. The molecule has 2 aromatic rings. The summed E-state index contributed by atoms with van der Waals surface area (Å²) in [6.07, 6.45) is 3.62. The highest BCUT2D eigenvalue weighted by molar-refractivity contribution is 7.12. The molecule has 0 radical (unpaired) electrons. The summed E-state index contributed by atoms with van der Waals surface area (Å²) >= 11 is 1.38. The first kappa shape index (κ1) is 14.4. The van der Waals surface area contributed by atoms with Crippen molar-refractivity contribution in [3.63, 3.8) is 0 Å². The van der Waals surface area contributed by atoms with Crippen LogP contribution < -0.4 is 0 Å². The molecule has 2 heterocycles. The van der Waals surface area contributed by atoms with Gasteiger partial charge in [-0.2, -0.15) is 0 Å². The third-order valence-electron chi connectivity index (χ3n) is 2.67. The van der Waals surface area contributed by atoms with Gasteiger partial charge in [0.15, 0.2) is 0 Å². The number of nitrogens with zero attached hydrogens (tertiary/aromatic N) is 1. The van der Waals surface area contributed by atoms with E-state index in [4.69, 9.17) is 9.52 Å². The van der Waals surface area contributed by atoms with Crippen molar-refractivity contribution in [3.8, 4) is 11.8 Å². The van der Waals surface area contributed by atoms with Crippen LogP contribution in [-0.4, -0.2) is 29.6 Å². The highest BCUT2D eigenvalue weighted by atomic mass is 32.1. The third kappa shape index (κ3) is 3.50. The second-order valence-corrected chi connectivity index (χ2v) is 5.15. The lowest BCUT2D eigenvalue weighted by atomic mass is 10.2. The summed E-state index contributed by atoms with van der Waals surface area (Å²) in [6.45, 7) is 0.525. The maximum atomic E-state index is 12.4. The molecule has 0 spiro atoms. The van der Waals surface area contributed by atoms with Crippen LogP contribution in [0.3, 0.4) is 0 Å². The molecule has 1 N–H and O–H groups in total. The molecular formula is C15H15NO3S. The molecule has 104 valence electrons. The van der Waals surface area contributed by atoms with Crippen LogP contribution in [0, 0.1) is 11.8 Å². The monoisotopic (exact) mass is 289 g/mol. The van der Waals surface area contributed by atoms with E-state index >= 15 is 0 Å². The van der Waals surface area contributed by atoms with E-state index < -0.39 is 0 Å². The van der Waals surface area contributed by atoms with Crippen LogP contribution in [0.2, 0.25) is 0 Å². The van der Waals surface area contributed by atoms with E-state index in [1.807, 2.05) is 17.5 Å². The lowest BCUT2D eigenvalue weighted by molar-refractivity contribution is 0.0789. The molecule has 0 aliphatic heterocycles. The molecule has 2 aromatic heterocycles. The molecule has 4 nitrogen and oxygen atoms in total. The van der Waals surface area contributed by atoms with Gasteiger partial charge < -0.3 is 14.4 Å². The summed E-state index contributed by atoms with van der Waals surface area (Å²) in [4.78, 5) is 14.6. The van der Waals surface area contributed by atoms with Gasteiger partial charge in [0.05, 0.1) is 19.1 Å². The van der Waals surface area contributed by atoms with Crippen molar-refractivity contribution in [1.29, 1.82) is 0 Å². The Morgan fingerprint density at radius 1 is 1.50 bits per heavy atom. The van der Waals surface area contributed by atoms with Crippen molar-refractivity contribution in [2.45, 2.75) is 13.0 Å². The van der Waals surface area contributed by atoms with Crippen molar-refractivity contribution in [1.82, 2.24) is 4.90 Å². The summed E-state index contributed by atoms with van der Waals surface area (Å²) in [5.74, 6) is 5.70. The molecule has 0 fully saturated rings. The van der Waals surface area contributed by atoms with E-state index in [1.54, 1.807) is 24.5 Å². The fourth-order valence-corrected chi connectivity index (χ4v) is 2.53. The van der Waals surface area contributed by atoms with Gasteiger partial charge in [-0.15, -0.1) is 11.3 Å². The first-order valence-corrected chi connectivity index (χ1v) is 7.04. The van der Waals surface area contributed by atoms with Crippen molar-refractivity contribution in [2.24, 2.45) is 0 Å². The van der Waals surface area contributed by atoms with Crippen molar-refractivity contribution < 1.29 is 14.3 Å². The van der Waals surface area contributed by atoms with E-state index in [2.05, 4.69) is 11.8 Å². The molecule has 0 aliphatic carbocycles. The molecule has 5 heteroatoms. The quantitative estimate of drug-likeness (QED) is 0.879. The zero-order valence-electron chi connectivity index (χ0n) is 11.1. The van der Waals surface area contributed by atoms with Gasteiger partial charge in [-0.3, -0.25) is 4.79 Å². The normalized spacial score (nSPS) is 9.90. The minimum Gasteiger partial charge on any atom is -0.472 e. The fraction of sp³-hybridized carbons (Fsp3) is 0.267. The Hall–Kier alpha value is -2.03. The van der Waals surface area contributed by atoms with Crippen LogP contribution in [0.1, 0.15) is 27.2 Å². The van der Waals surface area contributed by atoms with Crippen LogP contribution in [0.4, 0.5) is 0 Å². The molecular weight excluding hydrogens is 274 g/mol. The standard InChI is InChI=1S/C15H15NO3S/c1-16(10-12-5-8-19-11-12)15(18)14-13(6-9-20-14)4-2-3-7-17/h5-6,8-9,11,17H,3,7,10H2,1H3. The minimum absolute atomic E-state index is 0.0286. The van der Waals surface area contributed by atoms with Crippen LogP contribution in [-0.2, 0) is 6.54 Å². The van der Waals surface area contributed by atoms with Gasteiger partial charge >= 0.3 is 0 Å². The summed E-state index contributed by atoms with van der Waals surface area (Å²) in [6, 6.07) is 3.66. The number of amides is 1. The zero-order chi connectivity index (χ0) is 14.4. The Bertz CT molecular complexity index is 619. The molecule has 0 atom stereocenters. The molecule has 0 saturated heterocycles. The predicted molar refractivity (Wildman–Crippen MR) is 77.4 cm³/mol. The Balaban J connectivity index is 2.09. The van der Waals surface area contributed by atoms with Gasteiger partial charge in [0.1, 0.15) is 4.88 Å². The van der Waals surface area contributed by atoms with Gasteiger partial charge in [0, 0.05) is 31.1 Å². The van der Waals surface area contributed by atoms with Gasteiger partial charge in [0.2, 0.25) is 0 Å². The highest BCUT2D eigenvalue weighted by Crippen LogP contribution is 2.19. The first-order chi connectivity index (χ1) is 9.72. The Kier molecular flexibility index (Phi) is 4.99. The number of rotatable bonds is 4. The third-order valence-corrected chi connectivity index (χ3v) is 3.57. The number of carbonyl (C=O) groups excluding carboxylic acids is 1. The van der Waals surface area contributed by atoms with Crippen molar-refractivity contribution >= 4 is 17.2 Å². The summed E-state index contributed by atoms with van der Waals surface area (Å²) in [7, 11) is 1.75. The number of thiophene rings is 1. The largest absolute Gasteiger partial charge is 0.472 e. The topological polar surface area (TPSA) is 53.7 Å². The Labute approximate surface area is 121 Å². The first-order valence-electron chi connectivity index (χ1n) is 6.16. The molecule has 0 saturated carbocycles.